The number of hydrogen-bond acceptors (Lipinski definition) is 9. The van der Waals surface area contributed by atoms with Gasteiger partial charge < -0.3 is 20.8 Å². The highest BCUT2D eigenvalue weighted by Crippen LogP contribution is 2.11. The third kappa shape index (κ3) is 6.22. The summed E-state index contributed by atoms with van der Waals surface area (Å²) >= 11 is 0. The zero-order valence-electron chi connectivity index (χ0n) is 15.5. The summed E-state index contributed by atoms with van der Waals surface area (Å²) in [4.78, 5) is 96.8. The Bertz CT molecular complexity index is 784. The van der Waals surface area contributed by atoms with E-state index in [1.54, 1.807) is 0 Å². The maximum atomic E-state index is 11.7. The van der Waals surface area contributed by atoms with Crippen LogP contribution in [0.4, 0.5) is 0 Å². The van der Waals surface area contributed by atoms with Crippen molar-refractivity contribution in [3.63, 3.8) is 0 Å². The molecule has 0 aliphatic carbocycles. The fourth-order valence-electron chi connectivity index (χ4n) is 2.23. The molecule has 3 N–H and O–H groups in total. The Morgan fingerprint density at radius 3 is 1.77 bits per heavy atom. The highest BCUT2D eigenvalue weighted by molar-refractivity contribution is 6.14. The minimum Gasteiger partial charge on any atom is -0.346 e. The molecule has 0 bridgehead atoms. The molecule has 2 aliphatic heterocycles. The van der Waals surface area contributed by atoms with Gasteiger partial charge in [0.1, 0.15) is 13.1 Å². The quantitative estimate of drug-likeness (QED) is 0.309. The fourth-order valence-corrected chi connectivity index (χ4v) is 2.23. The number of carbonyl (C=O) groups is 8. The van der Waals surface area contributed by atoms with Crippen LogP contribution >= 0.6 is 0 Å². The molecule has 14 heteroatoms. The number of rotatable bonds is 9. The summed E-state index contributed by atoms with van der Waals surface area (Å²) in [6.45, 7) is -2.25. The Morgan fingerprint density at radius 1 is 0.767 bits per heavy atom. The number of nitrogens with one attached hydrogen (secondary N) is 3. The van der Waals surface area contributed by atoms with Gasteiger partial charge in [0, 0.05) is 25.0 Å². The van der Waals surface area contributed by atoms with E-state index in [0.717, 1.165) is 12.2 Å². The Hall–Kier alpha value is -4.10. The first-order valence-corrected chi connectivity index (χ1v) is 8.57. The van der Waals surface area contributed by atoms with Crippen molar-refractivity contribution in [3.05, 3.63) is 12.2 Å². The first-order chi connectivity index (χ1) is 14.2. The number of carbonyl (C=O) groups excluding carboxylic acids is 8. The van der Waals surface area contributed by atoms with Crippen molar-refractivity contribution in [2.24, 2.45) is 0 Å². The lowest BCUT2D eigenvalue weighted by Gasteiger charge is -2.13. The lowest BCUT2D eigenvalue weighted by molar-refractivity contribution is -0.196. The highest BCUT2D eigenvalue weighted by Gasteiger charge is 2.32. The third-order valence-electron chi connectivity index (χ3n) is 3.72. The largest absolute Gasteiger partial charge is 0.352 e. The van der Waals surface area contributed by atoms with Gasteiger partial charge >= 0.3 is 5.97 Å². The molecule has 0 aromatic rings. The second kappa shape index (κ2) is 9.90. The van der Waals surface area contributed by atoms with Gasteiger partial charge in [0.25, 0.3) is 23.6 Å². The minimum absolute atomic E-state index is 0.0669. The zero-order valence-corrected chi connectivity index (χ0v) is 15.5. The Labute approximate surface area is 168 Å². The molecule has 0 spiro atoms. The molecule has 0 aromatic carbocycles. The van der Waals surface area contributed by atoms with Gasteiger partial charge in [-0.3, -0.25) is 38.5 Å². The van der Waals surface area contributed by atoms with Crippen molar-refractivity contribution in [2.75, 3.05) is 26.2 Å². The lowest BCUT2D eigenvalue weighted by atomic mass is 10.4. The summed E-state index contributed by atoms with van der Waals surface area (Å²) in [7, 11) is 0. The summed E-state index contributed by atoms with van der Waals surface area (Å²) < 4.78 is 0. The van der Waals surface area contributed by atoms with Crippen LogP contribution in [-0.4, -0.2) is 83.5 Å². The Kier molecular flexibility index (Phi) is 7.32. The van der Waals surface area contributed by atoms with Gasteiger partial charge in [0.2, 0.25) is 17.7 Å². The first kappa shape index (κ1) is 22.2. The summed E-state index contributed by atoms with van der Waals surface area (Å²) in [6.07, 6.45) is 1.89. The van der Waals surface area contributed by atoms with Crippen LogP contribution in [0.3, 0.4) is 0 Å². The maximum Gasteiger partial charge on any atom is 0.352 e. The van der Waals surface area contributed by atoms with E-state index in [2.05, 4.69) is 20.8 Å². The molecule has 1 fully saturated rings. The number of nitrogens with zero attached hydrogens (tertiary/aromatic N) is 2. The summed E-state index contributed by atoms with van der Waals surface area (Å²) in [6, 6.07) is 0. The third-order valence-corrected chi connectivity index (χ3v) is 3.72. The van der Waals surface area contributed by atoms with E-state index < -0.39 is 73.5 Å². The van der Waals surface area contributed by atoms with Gasteiger partial charge in [0.05, 0.1) is 13.1 Å². The van der Waals surface area contributed by atoms with Crippen LogP contribution in [0.15, 0.2) is 12.2 Å². The number of hydroxylamine groups is 2. The molecule has 7 amide bonds. The zero-order chi connectivity index (χ0) is 22.3. The van der Waals surface area contributed by atoms with Crippen molar-refractivity contribution in [3.8, 4) is 0 Å². The van der Waals surface area contributed by atoms with Crippen LogP contribution in [0.5, 0.6) is 0 Å². The highest BCUT2D eigenvalue weighted by atomic mass is 16.7. The van der Waals surface area contributed by atoms with Gasteiger partial charge in [-0.25, -0.2) is 4.79 Å². The molecule has 0 aromatic heterocycles. The molecule has 0 atom stereocenters. The van der Waals surface area contributed by atoms with Crippen molar-refractivity contribution < 1.29 is 43.2 Å². The molecule has 160 valence electrons. The average molecular weight is 423 g/mol. The lowest BCUT2D eigenvalue weighted by Crippen LogP contribution is -2.46. The van der Waals surface area contributed by atoms with Crippen molar-refractivity contribution in [1.82, 2.24) is 25.9 Å². The number of imide groups is 2. The van der Waals surface area contributed by atoms with Gasteiger partial charge in [-0.15, -0.1) is 5.06 Å². The predicted octanol–water partition coefficient (Wildman–Crippen LogP) is -4.13. The molecule has 30 heavy (non-hydrogen) atoms. The molecule has 2 heterocycles. The molecule has 0 saturated carbocycles. The van der Waals surface area contributed by atoms with Crippen LogP contribution in [0.25, 0.3) is 0 Å². The van der Waals surface area contributed by atoms with Gasteiger partial charge in [-0.05, 0) is 0 Å². The average Bonchev–Trinajstić information content (AvgIpc) is 3.19. The van der Waals surface area contributed by atoms with Gasteiger partial charge in [-0.1, -0.05) is 0 Å². The standard InChI is InChI=1S/C16H17N5O9/c22-9(6-18-11(24)8-20-12(25)1-2-13(20)26)17-5-10(23)19-7-16(29)30-21-14(27)3-4-15(21)28/h1-2H,3-8H2,(H,17,22)(H,18,24)(H,19,23). The van der Waals surface area contributed by atoms with E-state index >= 15 is 0 Å². The first-order valence-electron chi connectivity index (χ1n) is 8.57. The second-order valence-corrected chi connectivity index (χ2v) is 5.97. The molecule has 0 radical (unpaired) electrons. The molecule has 2 aliphatic rings. The normalized spacial score (nSPS) is 15.5. The predicted molar refractivity (Wildman–Crippen MR) is 92.1 cm³/mol. The van der Waals surface area contributed by atoms with E-state index in [4.69, 9.17) is 0 Å². The summed E-state index contributed by atoms with van der Waals surface area (Å²) in [5.41, 5.74) is 0. The number of amides is 7. The van der Waals surface area contributed by atoms with E-state index in [0.29, 0.717) is 9.96 Å². The monoisotopic (exact) mass is 423 g/mol. The van der Waals surface area contributed by atoms with Crippen LogP contribution in [-0.2, 0) is 43.2 Å². The Balaban J connectivity index is 1.59. The van der Waals surface area contributed by atoms with E-state index in [1.165, 1.54) is 0 Å². The van der Waals surface area contributed by atoms with Gasteiger partial charge in [0.15, 0.2) is 0 Å². The maximum absolute atomic E-state index is 11.7. The van der Waals surface area contributed by atoms with E-state index in [1.807, 2.05) is 0 Å². The van der Waals surface area contributed by atoms with Gasteiger partial charge in [-0.2, -0.15) is 0 Å². The topological polar surface area (TPSA) is 188 Å². The van der Waals surface area contributed by atoms with E-state index in [-0.39, 0.29) is 12.8 Å². The van der Waals surface area contributed by atoms with Crippen molar-refractivity contribution >= 4 is 47.3 Å². The molecule has 2 rings (SSSR count). The van der Waals surface area contributed by atoms with Crippen LogP contribution in [0.2, 0.25) is 0 Å². The fraction of sp³-hybridized carbons (Fsp3) is 0.375. The van der Waals surface area contributed by atoms with E-state index in [9.17, 15) is 38.4 Å². The molecular weight excluding hydrogens is 406 g/mol. The minimum atomic E-state index is -1.05. The second-order valence-electron chi connectivity index (χ2n) is 5.97. The SMILES string of the molecule is O=C(CNC(=O)CN1C(=O)C=CC1=O)NCC(=O)NCC(=O)ON1C(=O)CCC1=O. The molecule has 14 nitrogen and oxygen atoms in total. The Morgan fingerprint density at radius 2 is 1.23 bits per heavy atom. The summed E-state index contributed by atoms with van der Waals surface area (Å²) in [5.74, 6) is -5.94. The van der Waals surface area contributed by atoms with Crippen molar-refractivity contribution in [1.29, 1.82) is 0 Å². The smallest absolute Gasteiger partial charge is 0.346 e. The van der Waals surface area contributed by atoms with Crippen molar-refractivity contribution in [2.45, 2.75) is 12.8 Å². The molecular formula is C16H17N5O9. The molecule has 1 saturated heterocycles. The molecule has 0 unspecified atom stereocenters. The van der Waals surface area contributed by atoms with Crippen LogP contribution < -0.4 is 16.0 Å². The van der Waals surface area contributed by atoms with Crippen LogP contribution in [0.1, 0.15) is 12.8 Å². The summed E-state index contributed by atoms with van der Waals surface area (Å²) in [5, 5.41) is 6.78. The van der Waals surface area contributed by atoms with Crippen LogP contribution in [0, 0.1) is 0 Å². The number of hydrogen-bond donors (Lipinski definition) is 3.